The summed E-state index contributed by atoms with van der Waals surface area (Å²) in [7, 11) is 0. The number of aromatic nitrogens is 1. The first-order chi connectivity index (χ1) is 25.4. The van der Waals surface area contributed by atoms with Gasteiger partial charge in [0.25, 0.3) is 11.8 Å². The molecule has 5 aromatic rings. The van der Waals surface area contributed by atoms with Gasteiger partial charge in [0.15, 0.2) is 6.61 Å². The van der Waals surface area contributed by atoms with Crippen molar-refractivity contribution >= 4 is 28.7 Å². The first-order valence-corrected chi connectivity index (χ1v) is 16.8. The fourth-order valence-electron chi connectivity index (χ4n) is 6.30. The van der Waals surface area contributed by atoms with E-state index in [0.29, 0.717) is 29.4 Å². The lowest BCUT2D eigenvalue weighted by Crippen LogP contribution is -2.54. The Kier molecular flexibility index (Phi) is 10.7. The number of rotatable bonds is 14. The molecule has 1 saturated carbocycles. The van der Waals surface area contributed by atoms with Crippen LogP contribution in [-0.2, 0) is 21.7 Å². The van der Waals surface area contributed by atoms with Crippen LogP contribution in [0, 0.1) is 0 Å². The molecule has 0 saturated heterocycles. The topological polar surface area (TPSA) is 231 Å². The molecule has 0 unspecified atom stereocenters. The van der Waals surface area contributed by atoms with Crippen molar-refractivity contribution in [3.05, 3.63) is 135 Å². The number of phenols is 2. The van der Waals surface area contributed by atoms with Crippen molar-refractivity contribution < 1.29 is 44.7 Å². The number of fused-ring (bicyclic) bond motifs is 1. The van der Waals surface area contributed by atoms with E-state index in [2.05, 4.69) is 20.9 Å². The highest BCUT2D eigenvalue weighted by Gasteiger charge is 2.40. The lowest BCUT2D eigenvalue weighted by atomic mass is 9.86. The minimum absolute atomic E-state index is 0.0724. The van der Waals surface area contributed by atoms with Gasteiger partial charge in [0.1, 0.15) is 17.2 Å². The van der Waals surface area contributed by atoms with Gasteiger partial charge in [-0.05, 0) is 60.4 Å². The van der Waals surface area contributed by atoms with Gasteiger partial charge in [-0.3, -0.25) is 14.4 Å². The van der Waals surface area contributed by atoms with E-state index >= 15 is 0 Å². The molecule has 2 amide bonds. The third-order valence-electron chi connectivity index (χ3n) is 9.23. The molecule has 0 bridgehead atoms. The van der Waals surface area contributed by atoms with Gasteiger partial charge in [0, 0.05) is 53.3 Å². The van der Waals surface area contributed by atoms with E-state index in [1.807, 2.05) is 0 Å². The molecule has 1 fully saturated rings. The van der Waals surface area contributed by atoms with Crippen LogP contribution in [0.4, 0.5) is 0 Å². The molecule has 1 aromatic heterocycles. The van der Waals surface area contributed by atoms with Gasteiger partial charge in [0.2, 0.25) is 11.2 Å². The Labute approximate surface area is 302 Å². The van der Waals surface area contributed by atoms with Crippen LogP contribution in [0.25, 0.3) is 10.9 Å². The summed E-state index contributed by atoms with van der Waals surface area (Å²) < 4.78 is 5.59. The maximum atomic E-state index is 12.9. The molecule has 274 valence electrons. The zero-order valence-corrected chi connectivity index (χ0v) is 28.3. The van der Waals surface area contributed by atoms with Gasteiger partial charge in [-0.15, -0.1) is 0 Å². The molecule has 1 aliphatic rings. The summed E-state index contributed by atoms with van der Waals surface area (Å²) in [6, 6.07) is 23.8. The van der Waals surface area contributed by atoms with Crippen molar-refractivity contribution in [3.63, 3.8) is 0 Å². The molecule has 2 atom stereocenters. The van der Waals surface area contributed by atoms with E-state index in [4.69, 9.17) is 4.74 Å². The number of pyridine rings is 1. The molecular weight excluding hydrogens is 684 g/mol. The van der Waals surface area contributed by atoms with Crippen LogP contribution in [0.5, 0.6) is 17.2 Å². The molecule has 0 aliphatic heterocycles. The Balaban J connectivity index is 0.938. The van der Waals surface area contributed by atoms with E-state index < -0.39 is 23.6 Å². The van der Waals surface area contributed by atoms with Crippen LogP contribution < -0.4 is 26.2 Å². The normalized spacial score (nSPS) is 16.9. The minimum atomic E-state index is -2.31. The smallest absolute Gasteiger partial charge is 0.345 e. The maximum Gasteiger partial charge on any atom is 0.345 e. The number of aromatic hydroxyl groups is 2. The summed E-state index contributed by atoms with van der Waals surface area (Å²) in [5, 5.41) is 61.7. The third kappa shape index (κ3) is 8.15. The lowest BCUT2D eigenvalue weighted by molar-refractivity contribution is -0.155. The van der Waals surface area contributed by atoms with Crippen molar-refractivity contribution in [3.8, 4) is 17.2 Å². The Hall–Kier alpha value is -6.22. The average Bonchev–Trinajstić information content (AvgIpc) is 3.14. The molecule has 6 rings (SSSR count). The highest BCUT2D eigenvalue weighted by molar-refractivity contribution is 5.95. The number of carbonyl (C=O) groups is 3. The van der Waals surface area contributed by atoms with Crippen LogP contribution >= 0.6 is 0 Å². The van der Waals surface area contributed by atoms with Gasteiger partial charge >= 0.3 is 5.97 Å². The number of aromatic amines is 1. The van der Waals surface area contributed by atoms with E-state index in [-0.39, 0.29) is 82.7 Å². The molecule has 1 heterocycles. The van der Waals surface area contributed by atoms with Gasteiger partial charge in [0.05, 0.1) is 11.6 Å². The first kappa shape index (κ1) is 36.6. The zero-order chi connectivity index (χ0) is 37.7. The fraction of sp³-hybridized carbons (Fsp3) is 0.231. The monoisotopic (exact) mass is 722 g/mol. The number of hydrogen-bond acceptors (Lipinski definition) is 10. The maximum absolute atomic E-state index is 12.9. The summed E-state index contributed by atoms with van der Waals surface area (Å²) in [4.78, 5) is 51.8. The van der Waals surface area contributed by atoms with Crippen molar-refractivity contribution in [2.45, 2.75) is 43.2 Å². The SMILES string of the molecule is O=C(COc1cccc([C@](O)(C(=O)O)c2ccccc2)c1)NC1CC(NC(=O)c2ccc(CNC[C@H](O)c3ccc(O)c4[nH]c(=O)ccc34)c(O)c2)C1. The number of H-pyrrole nitrogens is 1. The number of carbonyl (C=O) groups excluding carboxylic acids is 2. The number of nitrogens with one attached hydrogen (secondary N) is 4. The average molecular weight is 723 g/mol. The molecular formula is C39H38N4O10. The molecule has 1 aliphatic carbocycles. The second-order valence-electron chi connectivity index (χ2n) is 12.9. The molecule has 14 nitrogen and oxygen atoms in total. The lowest BCUT2D eigenvalue weighted by Gasteiger charge is -2.36. The number of amides is 2. The van der Waals surface area contributed by atoms with Crippen molar-refractivity contribution in [1.82, 2.24) is 20.9 Å². The summed E-state index contributed by atoms with van der Waals surface area (Å²) >= 11 is 0. The van der Waals surface area contributed by atoms with Crippen LogP contribution in [0.15, 0.2) is 102 Å². The van der Waals surface area contributed by atoms with Crippen molar-refractivity contribution in [2.24, 2.45) is 0 Å². The number of carboxylic acid groups (broad SMARTS) is 1. The molecule has 53 heavy (non-hydrogen) atoms. The molecule has 0 spiro atoms. The quantitative estimate of drug-likeness (QED) is 0.0809. The number of hydrogen-bond donors (Lipinski definition) is 9. The fourth-order valence-corrected chi connectivity index (χ4v) is 6.30. The number of aliphatic carboxylic acids is 1. The van der Waals surface area contributed by atoms with E-state index in [1.54, 1.807) is 42.5 Å². The minimum Gasteiger partial charge on any atom is -0.508 e. The first-order valence-electron chi connectivity index (χ1n) is 16.8. The van der Waals surface area contributed by atoms with Crippen LogP contribution in [-0.4, -0.2) is 73.5 Å². The number of phenolic OH excluding ortho intramolecular Hbond substituents is 2. The number of ether oxygens (including phenoxy) is 1. The van der Waals surface area contributed by atoms with Crippen LogP contribution in [0.2, 0.25) is 0 Å². The van der Waals surface area contributed by atoms with Gasteiger partial charge in [-0.1, -0.05) is 54.6 Å². The number of aliphatic hydroxyl groups excluding tert-OH is 1. The molecule has 14 heteroatoms. The van der Waals surface area contributed by atoms with E-state index in [0.717, 1.165) is 0 Å². The second kappa shape index (κ2) is 15.6. The van der Waals surface area contributed by atoms with Crippen molar-refractivity contribution in [2.75, 3.05) is 13.2 Å². The van der Waals surface area contributed by atoms with Gasteiger partial charge in [-0.2, -0.15) is 0 Å². The second-order valence-corrected chi connectivity index (χ2v) is 12.9. The molecule has 4 aromatic carbocycles. The Bertz CT molecular complexity index is 2200. The number of carboxylic acids is 1. The van der Waals surface area contributed by atoms with Gasteiger partial charge < -0.3 is 51.2 Å². The Morgan fingerprint density at radius 1 is 0.849 bits per heavy atom. The Morgan fingerprint density at radius 3 is 2.32 bits per heavy atom. The zero-order valence-electron chi connectivity index (χ0n) is 28.3. The highest BCUT2D eigenvalue weighted by atomic mass is 16.5. The summed E-state index contributed by atoms with van der Waals surface area (Å²) in [5.74, 6) is -2.26. The predicted molar refractivity (Wildman–Crippen MR) is 192 cm³/mol. The largest absolute Gasteiger partial charge is 0.508 e. The predicted octanol–water partition coefficient (Wildman–Crippen LogP) is 2.54. The standard InChI is InChI=1S/C39H38N4O10/c44-31-13-11-29(30-12-14-34(47)43-36(30)31)33(46)20-40-19-23-10-9-22(15-32(23)45)37(49)42-27-17-26(18-27)41-35(48)21-53-28-8-4-7-25(16-28)39(52,38(50)51)24-5-2-1-3-6-24/h1-16,26-27,33,40,44-46,52H,17-21H2,(H,41,48)(H,42,49)(H,43,47)(H,50,51)/t26?,27?,33-,39-/m0/s1. The van der Waals surface area contributed by atoms with Crippen molar-refractivity contribution in [1.29, 1.82) is 0 Å². The summed E-state index contributed by atoms with van der Waals surface area (Å²) in [5.41, 5.74) is -0.959. The van der Waals surface area contributed by atoms with Crippen LogP contribution in [0.3, 0.4) is 0 Å². The van der Waals surface area contributed by atoms with E-state index in [1.165, 1.54) is 54.6 Å². The molecule has 0 radical (unpaired) electrons. The van der Waals surface area contributed by atoms with E-state index in [9.17, 15) is 44.7 Å². The highest BCUT2D eigenvalue weighted by Crippen LogP contribution is 2.32. The third-order valence-corrected chi connectivity index (χ3v) is 9.23. The molecule has 9 N–H and O–H groups in total. The van der Waals surface area contributed by atoms with Crippen LogP contribution in [0.1, 0.15) is 51.6 Å². The number of aliphatic hydroxyl groups is 2. The summed E-state index contributed by atoms with van der Waals surface area (Å²) in [6.07, 6.45) is -0.0121. The Morgan fingerprint density at radius 2 is 1.58 bits per heavy atom. The summed E-state index contributed by atoms with van der Waals surface area (Å²) in [6.45, 7) is -0.0523. The number of benzene rings is 4. The van der Waals surface area contributed by atoms with Gasteiger partial charge in [-0.25, -0.2) is 4.79 Å².